The van der Waals surface area contributed by atoms with Gasteiger partial charge in [0.15, 0.2) is 12.4 Å². The van der Waals surface area contributed by atoms with Gasteiger partial charge in [0.05, 0.1) is 19.1 Å². The third kappa shape index (κ3) is 4.21. The molecular formula is C21H19N3O5. The maximum Gasteiger partial charge on any atom is 0.331 e. The lowest BCUT2D eigenvalue weighted by molar-refractivity contribution is -0.139. The van der Waals surface area contributed by atoms with Crippen LogP contribution in [0.2, 0.25) is 0 Å². The Balaban J connectivity index is 1.36. The van der Waals surface area contributed by atoms with Gasteiger partial charge in [-0.3, -0.25) is 0 Å². The van der Waals surface area contributed by atoms with Crippen LogP contribution in [0.3, 0.4) is 0 Å². The van der Waals surface area contributed by atoms with Gasteiger partial charge in [-0.25, -0.2) is 4.79 Å². The average molecular weight is 393 g/mol. The van der Waals surface area contributed by atoms with Crippen molar-refractivity contribution >= 4 is 12.0 Å². The molecule has 0 saturated carbocycles. The molecule has 0 saturated heterocycles. The summed E-state index contributed by atoms with van der Waals surface area (Å²) < 4.78 is 23.3. The highest BCUT2D eigenvalue weighted by Gasteiger charge is 2.12. The zero-order valence-corrected chi connectivity index (χ0v) is 16.0. The minimum atomic E-state index is -0.501. The van der Waals surface area contributed by atoms with Crippen molar-refractivity contribution in [2.45, 2.75) is 27.0 Å². The van der Waals surface area contributed by atoms with Crippen molar-refractivity contribution in [1.29, 1.82) is 0 Å². The SMILES string of the molecule is Cc1cc(/C=C/C(=O)OCc2nnc(-c3ccco3)o2)c(C)n1Cc1ccco1. The van der Waals surface area contributed by atoms with Gasteiger partial charge < -0.3 is 22.6 Å². The van der Waals surface area contributed by atoms with Crippen molar-refractivity contribution in [1.82, 2.24) is 14.8 Å². The number of nitrogens with zero attached hydrogens (tertiary/aromatic N) is 3. The Bertz CT molecular complexity index is 1120. The number of esters is 1. The van der Waals surface area contributed by atoms with Crippen molar-refractivity contribution in [3.8, 4) is 11.7 Å². The molecule has 29 heavy (non-hydrogen) atoms. The van der Waals surface area contributed by atoms with E-state index in [4.69, 9.17) is 18.0 Å². The summed E-state index contributed by atoms with van der Waals surface area (Å²) in [6.07, 6.45) is 6.27. The van der Waals surface area contributed by atoms with E-state index in [1.54, 1.807) is 24.5 Å². The van der Waals surface area contributed by atoms with Crippen LogP contribution in [0.25, 0.3) is 17.7 Å². The fourth-order valence-electron chi connectivity index (χ4n) is 2.95. The fraction of sp³-hybridized carbons (Fsp3) is 0.190. The topological polar surface area (TPSA) is 96.4 Å². The summed E-state index contributed by atoms with van der Waals surface area (Å²) in [5.41, 5.74) is 3.04. The number of ether oxygens (including phenoxy) is 1. The third-order valence-electron chi connectivity index (χ3n) is 4.44. The summed E-state index contributed by atoms with van der Waals surface area (Å²) in [6, 6.07) is 9.22. The Hall–Kier alpha value is -3.81. The predicted octanol–water partition coefficient (Wildman–Crippen LogP) is 4.15. The smallest absolute Gasteiger partial charge is 0.331 e. The molecule has 0 aliphatic heterocycles. The minimum absolute atomic E-state index is 0.117. The summed E-state index contributed by atoms with van der Waals surface area (Å²) in [5, 5.41) is 7.69. The number of rotatable bonds is 7. The van der Waals surface area contributed by atoms with E-state index in [0.29, 0.717) is 12.3 Å². The van der Waals surface area contributed by atoms with E-state index in [9.17, 15) is 4.79 Å². The summed E-state index contributed by atoms with van der Waals surface area (Å²) in [6.45, 7) is 4.53. The van der Waals surface area contributed by atoms with E-state index in [0.717, 1.165) is 22.7 Å². The predicted molar refractivity (Wildman–Crippen MR) is 103 cm³/mol. The second kappa shape index (κ2) is 8.05. The Morgan fingerprint density at radius 3 is 2.76 bits per heavy atom. The van der Waals surface area contributed by atoms with Crippen LogP contribution in [0.4, 0.5) is 0 Å². The van der Waals surface area contributed by atoms with Crippen molar-refractivity contribution in [2.24, 2.45) is 0 Å². The molecule has 4 heterocycles. The second-order valence-electron chi connectivity index (χ2n) is 6.41. The molecule has 8 heteroatoms. The molecule has 4 aromatic heterocycles. The molecule has 0 spiro atoms. The van der Waals surface area contributed by atoms with E-state index in [1.165, 1.54) is 12.3 Å². The molecule has 0 fully saturated rings. The number of hydrogen-bond donors (Lipinski definition) is 0. The Morgan fingerprint density at radius 1 is 1.17 bits per heavy atom. The van der Waals surface area contributed by atoms with Crippen LogP contribution in [0.5, 0.6) is 0 Å². The number of aromatic nitrogens is 3. The van der Waals surface area contributed by atoms with Crippen LogP contribution >= 0.6 is 0 Å². The zero-order valence-electron chi connectivity index (χ0n) is 16.0. The van der Waals surface area contributed by atoms with Crippen molar-refractivity contribution in [3.63, 3.8) is 0 Å². The maximum atomic E-state index is 12.0. The van der Waals surface area contributed by atoms with Gasteiger partial charge in [0, 0.05) is 17.5 Å². The van der Waals surface area contributed by atoms with Crippen molar-refractivity contribution in [3.05, 3.63) is 77.5 Å². The minimum Gasteiger partial charge on any atom is -0.467 e. The molecule has 0 N–H and O–H groups in total. The standard InChI is InChI=1S/C21H19N3O5/c1-14-11-16(15(2)24(14)12-17-5-3-9-26-17)7-8-20(25)28-13-19-22-23-21(29-19)18-6-4-10-27-18/h3-11H,12-13H2,1-2H3/b8-7+. The first kappa shape index (κ1) is 18.5. The van der Waals surface area contributed by atoms with Gasteiger partial charge >= 0.3 is 5.97 Å². The molecule has 0 radical (unpaired) electrons. The molecule has 0 atom stereocenters. The van der Waals surface area contributed by atoms with Gasteiger partial charge in [0.25, 0.3) is 11.8 Å². The highest BCUT2D eigenvalue weighted by molar-refractivity contribution is 5.87. The molecule has 4 rings (SSSR count). The monoisotopic (exact) mass is 393 g/mol. The molecule has 0 bridgehead atoms. The normalized spacial score (nSPS) is 11.4. The molecular weight excluding hydrogens is 374 g/mol. The number of carbonyl (C=O) groups is 1. The van der Waals surface area contributed by atoms with Gasteiger partial charge in [-0.2, -0.15) is 0 Å². The number of carbonyl (C=O) groups excluding carboxylic acids is 1. The fourth-order valence-corrected chi connectivity index (χ4v) is 2.95. The number of hydrogen-bond acceptors (Lipinski definition) is 7. The quantitative estimate of drug-likeness (QED) is 0.344. The molecule has 4 aromatic rings. The maximum absolute atomic E-state index is 12.0. The lowest BCUT2D eigenvalue weighted by atomic mass is 10.2. The lowest BCUT2D eigenvalue weighted by Gasteiger charge is -2.07. The van der Waals surface area contributed by atoms with Crippen molar-refractivity contribution in [2.75, 3.05) is 0 Å². The number of furan rings is 2. The van der Waals surface area contributed by atoms with Crippen LogP contribution in [-0.2, 0) is 22.7 Å². The molecule has 0 unspecified atom stereocenters. The number of aryl methyl sites for hydroxylation is 1. The average Bonchev–Trinajstić information content (AvgIpc) is 3.50. The van der Waals surface area contributed by atoms with E-state index < -0.39 is 5.97 Å². The van der Waals surface area contributed by atoms with Gasteiger partial charge in [-0.15, -0.1) is 10.2 Å². The summed E-state index contributed by atoms with van der Waals surface area (Å²) in [4.78, 5) is 12.0. The van der Waals surface area contributed by atoms with Crippen LogP contribution < -0.4 is 0 Å². The molecule has 0 amide bonds. The van der Waals surface area contributed by atoms with Gasteiger partial charge in [-0.05, 0) is 55.8 Å². The van der Waals surface area contributed by atoms with E-state index >= 15 is 0 Å². The van der Waals surface area contributed by atoms with Crippen LogP contribution in [0.1, 0.15) is 28.6 Å². The molecule has 0 aliphatic rings. The lowest BCUT2D eigenvalue weighted by Crippen LogP contribution is -2.03. The van der Waals surface area contributed by atoms with E-state index in [-0.39, 0.29) is 18.4 Å². The highest BCUT2D eigenvalue weighted by atomic mass is 16.5. The van der Waals surface area contributed by atoms with E-state index in [1.807, 2.05) is 32.0 Å². The molecule has 0 aromatic carbocycles. The first-order valence-corrected chi connectivity index (χ1v) is 9.00. The second-order valence-corrected chi connectivity index (χ2v) is 6.41. The Labute approximate surface area is 166 Å². The molecule has 148 valence electrons. The zero-order chi connectivity index (χ0) is 20.2. The Morgan fingerprint density at radius 2 is 2.00 bits per heavy atom. The Kier molecular flexibility index (Phi) is 5.15. The van der Waals surface area contributed by atoms with Gasteiger partial charge in [-0.1, -0.05) is 0 Å². The summed E-state index contributed by atoms with van der Waals surface area (Å²) >= 11 is 0. The van der Waals surface area contributed by atoms with Crippen molar-refractivity contribution < 1.29 is 22.8 Å². The van der Waals surface area contributed by atoms with Crippen LogP contribution in [0, 0.1) is 13.8 Å². The first-order chi connectivity index (χ1) is 14.1. The largest absolute Gasteiger partial charge is 0.467 e. The molecule has 0 aliphatic carbocycles. The summed E-state index contributed by atoms with van der Waals surface area (Å²) in [7, 11) is 0. The van der Waals surface area contributed by atoms with Crippen LogP contribution in [-0.4, -0.2) is 20.7 Å². The van der Waals surface area contributed by atoms with Gasteiger partial charge in [0.1, 0.15) is 5.76 Å². The van der Waals surface area contributed by atoms with E-state index in [2.05, 4.69) is 14.8 Å². The highest BCUT2D eigenvalue weighted by Crippen LogP contribution is 2.20. The first-order valence-electron chi connectivity index (χ1n) is 9.00. The molecule has 8 nitrogen and oxygen atoms in total. The third-order valence-corrected chi connectivity index (χ3v) is 4.44. The van der Waals surface area contributed by atoms with Gasteiger partial charge in [0.2, 0.25) is 0 Å². The van der Waals surface area contributed by atoms with Crippen LogP contribution in [0.15, 0.2) is 62.2 Å². The summed E-state index contributed by atoms with van der Waals surface area (Å²) in [5.74, 6) is 1.25.